The van der Waals surface area contributed by atoms with Crippen molar-refractivity contribution >= 4 is 29.2 Å². The predicted molar refractivity (Wildman–Crippen MR) is 111 cm³/mol. The maximum Gasteiger partial charge on any atom is 0.418 e. The molecule has 5 N–H and O–H groups in total. The van der Waals surface area contributed by atoms with Crippen LogP contribution in [0.5, 0.6) is 0 Å². The number of nitrogens with zero attached hydrogens (tertiary/aromatic N) is 2. The van der Waals surface area contributed by atoms with Crippen LogP contribution in [0.15, 0.2) is 47.1 Å². The SMILES string of the molecule is Nc1ncc(C(=O)NC2(C(=O)NCc3ccc(Nc4ccc(F)cc4C(F)(F)F)cn3)CC2)o1. The topological polar surface area (TPSA) is 135 Å². The summed E-state index contributed by atoms with van der Waals surface area (Å²) in [5.41, 5.74) is 3.47. The molecule has 0 radical (unpaired) electrons. The molecule has 0 bridgehead atoms. The number of oxazole rings is 1. The molecule has 1 aliphatic rings. The molecule has 1 saturated carbocycles. The zero-order valence-electron chi connectivity index (χ0n) is 17.4. The number of rotatable bonds is 7. The number of hydrogen-bond donors (Lipinski definition) is 4. The van der Waals surface area contributed by atoms with Crippen molar-refractivity contribution in [3.05, 3.63) is 65.6 Å². The Morgan fingerprint density at radius 2 is 1.88 bits per heavy atom. The van der Waals surface area contributed by atoms with E-state index in [1.165, 1.54) is 18.3 Å². The van der Waals surface area contributed by atoms with Crippen LogP contribution in [-0.4, -0.2) is 27.3 Å². The average molecular weight is 478 g/mol. The second-order valence-corrected chi connectivity index (χ2v) is 7.63. The molecule has 1 fully saturated rings. The second kappa shape index (κ2) is 8.65. The Morgan fingerprint density at radius 1 is 1.12 bits per heavy atom. The molecule has 0 spiro atoms. The van der Waals surface area contributed by atoms with E-state index in [-0.39, 0.29) is 29.7 Å². The average Bonchev–Trinajstić information content (AvgIpc) is 3.44. The van der Waals surface area contributed by atoms with Gasteiger partial charge in [0, 0.05) is 0 Å². The number of carbonyl (C=O) groups excluding carboxylic acids is 2. The number of alkyl halides is 3. The Kier molecular flexibility index (Phi) is 5.85. The van der Waals surface area contributed by atoms with Crippen LogP contribution in [0.25, 0.3) is 0 Å². The van der Waals surface area contributed by atoms with E-state index in [4.69, 9.17) is 10.2 Å². The van der Waals surface area contributed by atoms with Gasteiger partial charge in [-0.3, -0.25) is 14.6 Å². The van der Waals surface area contributed by atoms with Gasteiger partial charge in [-0.2, -0.15) is 13.2 Å². The molecule has 0 aliphatic heterocycles. The molecule has 34 heavy (non-hydrogen) atoms. The summed E-state index contributed by atoms with van der Waals surface area (Å²) >= 11 is 0. The number of anilines is 3. The van der Waals surface area contributed by atoms with Crippen LogP contribution in [0, 0.1) is 5.82 Å². The smallest absolute Gasteiger partial charge is 0.418 e. The summed E-state index contributed by atoms with van der Waals surface area (Å²) in [5, 5.41) is 7.84. The van der Waals surface area contributed by atoms with Crippen LogP contribution in [-0.2, 0) is 17.5 Å². The third kappa shape index (κ3) is 5.08. The molecule has 0 atom stereocenters. The molecular weight excluding hydrogens is 460 g/mol. The zero-order valence-corrected chi connectivity index (χ0v) is 17.4. The first-order chi connectivity index (χ1) is 16.1. The molecule has 0 unspecified atom stereocenters. The summed E-state index contributed by atoms with van der Waals surface area (Å²) in [4.78, 5) is 32.5. The molecule has 3 aromatic rings. The van der Waals surface area contributed by atoms with Crippen LogP contribution < -0.4 is 21.7 Å². The fraction of sp³-hybridized carbons (Fsp3) is 0.238. The van der Waals surface area contributed by atoms with Crippen LogP contribution in [0.2, 0.25) is 0 Å². The highest BCUT2D eigenvalue weighted by Gasteiger charge is 2.51. The number of nitrogen functional groups attached to an aromatic ring is 1. The molecule has 13 heteroatoms. The van der Waals surface area contributed by atoms with Gasteiger partial charge in [0.2, 0.25) is 11.7 Å². The van der Waals surface area contributed by atoms with Crippen LogP contribution >= 0.6 is 0 Å². The summed E-state index contributed by atoms with van der Waals surface area (Å²) in [6.45, 7) is 0.0241. The summed E-state index contributed by atoms with van der Waals surface area (Å²) in [6, 6.07) is 5.12. The van der Waals surface area contributed by atoms with Crippen molar-refractivity contribution in [3.8, 4) is 0 Å². The molecular formula is C21H18F4N6O3. The lowest BCUT2D eigenvalue weighted by Crippen LogP contribution is -2.48. The minimum absolute atomic E-state index is 0.0241. The Balaban J connectivity index is 1.35. The quantitative estimate of drug-likeness (QED) is 0.383. The van der Waals surface area contributed by atoms with E-state index in [9.17, 15) is 27.2 Å². The molecule has 2 heterocycles. The van der Waals surface area contributed by atoms with Gasteiger partial charge in [0.05, 0.1) is 41.6 Å². The number of carbonyl (C=O) groups is 2. The number of nitrogens with one attached hydrogen (secondary N) is 3. The normalized spacial score (nSPS) is 14.4. The van der Waals surface area contributed by atoms with Gasteiger partial charge in [0.1, 0.15) is 11.4 Å². The van der Waals surface area contributed by atoms with Gasteiger partial charge in [-0.15, -0.1) is 0 Å². The molecule has 2 aromatic heterocycles. The molecule has 1 aromatic carbocycles. The lowest BCUT2D eigenvalue weighted by Gasteiger charge is -2.16. The first-order valence-electron chi connectivity index (χ1n) is 9.96. The van der Waals surface area contributed by atoms with Crippen molar-refractivity contribution in [2.45, 2.75) is 31.1 Å². The third-order valence-electron chi connectivity index (χ3n) is 5.11. The van der Waals surface area contributed by atoms with E-state index in [0.717, 1.165) is 18.3 Å². The standard InChI is InChI=1S/C21H18F4N6O3/c22-11-1-4-15(14(7-11)21(23,24)25)30-13-3-2-12(27-9-13)8-28-18(33)20(5-6-20)31-17(32)16-10-29-19(26)34-16/h1-4,7,9-10,30H,5-6,8H2,(H2,26,29)(H,28,33)(H,31,32). The monoisotopic (exact) mass is 478 g/mol. The highest BCUT2D eigenvalue weighted by atomic mass is 19.4. The highest BCUT2D eigenvalue weighted by molar-refractivity contribution is 5.99. The molecule has 4 rings (SSSR count). The first-order valence-corrected chi connectivity index (χ1v) is 9.96. The van der Waals surface area contributed by atoms with Gasteiger partial charge < -0.3 is 26.1 Å². The van der Waals surface area contributed by atoms with Gasteiger partial charge in [0.25, 0.3) is 11.9 Å². The van der Waals surface area contributed by atoms with E-state index in [2.05, 4.69) is 25.9 Å². The Hall–Kier alpha value is -4.16. The molecule has 9 nitrogen and oxygen atoms in total. The van der Waals surface area contributed by atoms with Crippen molar-refractivity contribution in [2.24, 2.45) is 0 Å². The van der Waals surface area contributed by atoms with Gasteiger partial charge in [-0.25, -0.2) is 9.37 Å². The summed E-state index contributed by atoms with van der Waals surface area (Å²) < 4.78 is 57.6. The number of halogens is 4. The number of nitrogens with two attached hydrogens (primary N) is 1. The zero-order chi connectivity index (χ0) is 24.5. The van der Waals surface area contributed by atoms with Crippen molar-refractivity contribution in [2.75, 3.05) is 11.1 Å². The number of amides is 2. The number of hydrogen-bond acceptors (Lipinski definition) is 7. The first kappa shape index (κ1) is 23.0. The van der Waals surface area contributed by atoms with Gasteiger partial charge >= 0.3 is 6.18 Å². The number of benzene rings is 1. The van der Waals surface area contributed by atoms with Gasteiger partial charge in [-0.1, -0.05) is 0 Å². The number of pyridine rings is 1. The predicted octanol–water partition coefficient (Wildman–Crippen LogP) is 3.13. The van der Waals surface area contributed by atoms with Crippen LogP contribution in [0.4, 0.5) is 35.0 Å². The van der Waals surface area contributed by atoms with Crippen molar-refractivity contribution < 1.29 is 31.6 Å². The van der Waals surface area contributed by atoms with E-state index in [0.29, 0.717) is 24.6 Å². The second-order valence-electron chi connectivity index (χ2n) is 7.63. The molecule has 178 valence electrons. The third-order valence-corrected chi connectivity index (χ3v) is 5.11. The lowest BCUT2D eigenvalue weighted by molar-refractivity contribution is -0.137. The van der Waals surface area contributed by atoms with Crippen molar-refractivity contribution in [3.63, 3.8) is 0 Å². The van der Waals surface area contributed by atoms with Gasteiger partial charge in [0.15, 0.2) is 0 Å². The number of aromatic nitrogens is 2. The molecule has 0 saturated heterocycles. The maximum atomic E-state index is 13.3. The van der Waals surface area contributed by atoms with Gasteiger partial charge in [-0.05, 0) is 43.2 Å². The Bertz CT molecular complexity index is 1220. The van der Waals surface area contributed by atoms with Crippen LogP contribution in [0.3, 0.4) is 0 Å². The summed E-state index contributed by atoms with van der Waals surface area (Å²) in [5.74, 6) is -2.16. The fourth-order valence-electron chi connectivity index (χ4n) is 3.16. The van der Waals surface area contributed by atoms with E-state index < -0.39 is 34.9 Å². The molecule has 1 aliphatic carbocycles. The van der Waals surface area contributed by atoms with Crippen molar-refractivity contribution in [1.82, 2.24) is 20.6 Å². The van der Waals surface area contributed by atoms with E-state index >= 15 is 0 Å². The largest absolute Gasteiger partial charge is 0.418 e. The lowest BCUT2D eigenvalue weighted by atomic mass is 10.1. The Morgan fingerprint density at radius 3 is 2.47 bits per heavy atom. The Labute approximate surface area is 189 Å². The van der Waals surface area contributed by atoms with Crippen LogP contribution in [0.1, 0.15) is 34.7 Å². The van der Waals surface area contributed by atoms with E-state index in [1.54, 1.807) is 0 Å². The van der Waals surface area contributed by atoms with E-state index in [1.807, 2.05) is 0 Å². The fourth-order valence-corrected chi connectivity index (χ4v) is 3.16. The highest BCUT2D eigenvalue weighted by Crippen LogP contribution is 2.37. The van der Waals surface area contributed by atoms with Crippen molar-refractivity contribution in [1.29, 1.82) is 0 Å². The summed E-state index contributed by atoms with van der Waals surface area (Å²) in [6.07, 6.45) is -1.43. The minimum atomic E-state index is -4.74. The summed E-state index contributed by atoms with van der Waals surface area (Å²) in [7, 11) is 0. The maximum absolute atomic E-state index is 13.3. The molecule has 2 amide bonds. The minimum Gasteiger partial charge on any atom is -0.418 e.